The Labute approximate surface area is 104 Å². The van der Waals surface area contributed by atoms with Crippen LogP contribution in [0.2, 0.25) is 5.02 Å². The van der Waals surface area contributed by atoms with Gasteiger partial charge in [-0.1, -0.05) is 45.2 Å². The maximum Gasteiger partial charge on any atom is 0.0764 e. The summed E-state index contributed by atoms with van der Waals surface area (Å²) in [6.07, 6.45) is 5.08. The molecule has 0 bridgehead atoms. The Morgan fingerprint density at radius 1 is 1.31 bits per heavy atom. The van der Waals surface area contributed by atoms with Gasteiger partial charge in [-0.3, -0.25) is 0 Å². The average molecular weight is 241 g/mol. The monoisotopic (exact) mass is 240 g/mol. The third kappa shape index (κ3) is 7.03. The molecule has 0 amide bonds. The van der Waals surface area contributed by atoms with E-state index in [4.69, 9.17) is 23.8 Å². The zero-order valence-electron chi connectivity index (χ0n) is 10.5. The first kappa shape index (κ1) is 17.1. The van der Waals surface area contributed by atoms with Crippen LogP contribution in [0, 0.1) is 12.3 Å². The van der Waals surface area contributed by atoms with Crippen LogP contribution in [0.5, 0.6) is 0 Å². The number of hydrogen-bond acceptors (Lipinski definition) is 2. The Balaban J connectivity index is 0. The standard InChI is InChI=1S/C9H9ClN2.2C2H6/c1-2-5-12-9-6-7(10)3-4-8(9)11;2*1-2/h1,3-4,6,12H,5,11H2;2*1-2H3. The normalized spacial score (nSPS) is 7.50. The van der Waals surface area contributed by atoms with Crippen LogP contribution in [0.25, 0.3) is 0 Å². The zero-order valence-corrected chi connectivity index (χ0v) is 11.2. The Hall–Kier alpha value is -1.33. The van der Waals surface area contributed by atoms with Crippen molar-refractivity contribution in [2.24, 2.45) is 0 Å². The number of terminal acetylenes is 1. The fourth-order valence-corrected chi connectivity index (χ4v) is 1.000. The van der Waals surface area contributed by atoms with E-state index in [0.717, 1.165) is 5.69 Å². The van der Waals surface area contributed by atoms with E-state index in [1.54, 1.807) is 18.2 Å². The van der Waals surface area contributed by atoms with Crippen molar-refractivity contribution in [1.29, 1.82) is 0 Å². The molecule has 0 saturated carbocycles. The summed E-state index contributed by atoms with van der Waals surface area (Å²) < 4.78 is 0. The lowest BCUT2D eigenvalue weighted by Gasteiger charge is -2.05. The molecule has 0 heterocycles. The fourth-order valence-electron chi connectivity index (χ4n) is 0.828. The number of halogens is 1. The maximum atomic E-state index is 5.75. The minimum Gasteiger partial charge on any atom is -0.397 e. The van der Waals surface area contributed by atoms with Gasteiger partial charge in [0.05, 0.1) is 17.9 Å². The second kappa shape index (κ2) is 11.7. The van der Waals surface area contributed by atoms with Crippen molar-refractivity contribution in [2.75, 3.05) is 17.6 Å². The highest BCUT2D eigenvalue weighted by Gasteiger charge is 1.97. The Bertz CT molecular complexity index is 316. The van der Waals surface area contributed by atoms with Crippen molar-refractivity contribution in [2.45, 2.75) is 27.7 Å². The first-order chi connectivity index (χ1) is 7.74. The van der Waals surface area contributed by atoms with E-state index in [-0.39, 0.29) is 0 Å². The van der Waals surface area contributed by atoms with Gasteiger partial charge in [-0.05, 0) is 18.2 Å². The van der Waals surface area contributed by atoms with E-state index in [0.29, 0.717) is 17.3 Å². The molecule has 0 aliphatic rings. The van der Waals surface area contributed by atoms with Gasteiger partial charge in [-0.15, -0.1) is 6.42 Å². The van der Waals surface area contributed by atoms with E-state index in [1.807, 2.05) is 27.7 Å². The molecule has 0 aliphatic heterocycles. The summed E-state index contributed by atoms with van der Waals surface area (Å²) in [5, 5.41) is 3.60. The third-order valence-electron chi connectivity index (χ3n) is 1.40. The SMILES string of the molecule is C#CCNc1cc(Cl)ccc1N.CC.CC. The third-order valence-corrected chi connectivity index (χ3v) is 1.63. The van der Waals surface area contributed by atoms with Gasteiger partial charge in [-0.2, -0.15) is 0 Å². The number of anilines is 2. The Morgan fingerprint density at radius 3 is 2.38 bits per heavy atom. The number of hydrogen-bond donors (Lipinski definition) is 2. The minimum atomic E-state index is 0.449. The Kier molecular flexibility index (Phi) is 12.5. The first-order valence-corrected chi connectivity index (χ1v) is 5.84. The van der Waals surface area contributed by atoms with E-state index in [1.165, 1.54) is 0 Å². The molecule has 0 radical (unpaired) electrons. The summed E-state index contributed by atoms with van der Waals surface area (Å²) in [6.45, 7) is 8.45. The smallest absolute Gasteiger partial charge is 0.0764 e. The predicted molar refractivity (Wildman–Crippen MR) is 75.9 cm³/mol. The van der Waals surface area contributed by atoms with Crippen LogP contribution in [0.3, 0.4) is 0 Å². The average Bonchev–Trinajstić information content (AvgIpc) is 2.35. The molecule has 0 atom stereocenters. The molecule has 0 unspecified atom stereocenters. The first-order valence-electron chi connectivity index (χ1n) is 5.46. The summed E-state index contributed by atoms with van der Waals surface area (Å²) in [7, 11) is 0. The number of benzene rings is 1. The van der Waals surface area contributed by atoms with Crippen LogP contribution in [0.4, 0.5) is 11.4 Å². The number of nitrogens with one attached hydrogen (secondary N) is 1. The van der Waals surface area contributed by atoms with Gasteiger partial charge in [0.15, 0.2) is 0 Å². The molecule has 1 aromatic carbocycles. The van der Waals surface area contributed by atoms with E-state index in [2.05, 4.69) is 11.2 Å². The number of nitrogen functional groups attached to an aromatic ring is 1. The second-order valence-electron chi connectivity index (χ2n) is 2.29. The van der Waals surface area contributed by atoms with Crippen molar-refractivity contribution in [1.82, 2.24) is 0 Å². The second-order valence-corrected chi connectivity index (χ2v) is 2.73. The molecule has 1 aromatic rings. The van der Waals surface area contributed by atoms with Crippen molar-refractivity contribution in [3.63, 3.8) is 0 Å². The van der Waals surface area contributed by atoms with Gasteiger partial charge >= 0.3 is 0 Å². The van der Waals surface area contributed by atoms with Crippen LogP contribution in [0.1, 0.15) is 27.7 Å². The highest BCUT2D eigenvalue weighted by molar-refractivity contribution is 6.31. The zero-order chi connectivity index (χ0) is 13.0. The summed E-state index contributed by atoms with van der Waals surface area (Å²) >= 11 is 5.75. The van der Waals surface area contributed by atoms with Crippen molar-refractivity contribution in [3.05, 3.63) is 23.2 Å². The number of rotatable bonds is 2. The van der Waals surface area contributed by atoms with Gasteiger partial charge in [0.1, 0.15) is 0 Å². The van der Waals surface area contributed by atoms with E-state index < -0.39 is 0 Å². The van der Waals surface area contributed by atoms with Crippen LogP contribution < -0.4 is 11.1 Å². The fraction of sp³-hybridized carbons (Fsp3) is 0.385. The summed E-state index contributed by atoms with van der Waals surface area (Å²) in [4.78, 5) is 0. The van der Waals surface area contributed by atoms with Gasteiger partial charge in [-0.25, -0.2) is 0 Å². The molecule has 0 aromatic heterocycles. The lowest BCUT2D eigenvalue weighted by Crippen LogP contribution is -2.01. The van der Waals surface area contributed by atoms with Crippen LogP contribution in [0.15, 0.2) is 18.2 Å². The molecule has 0 spiro atoms. The lowest BCUT2D eigenvalue weighted by atomic mass is 10.2. The van der Waals surface area contributed by atoms with Gasteiger partial charge in [0.25, 0.3) is 0 Å². The summed E-state index contributed by atoms with van der Waals surface area (Å²) in [6, 6.07) is 5.22. The largest absolute Gasteiger partial charge is 0.397 e. The molecule has 0 saturated heterocycles. The van der Waals surface area contributed by atoms with E-state index in [9.17, 15) is 0 Å². The molecule has 2 nitrogen and oxygen atoms in total. The van der Waals surface area contributed by atoms with Crippen molar-refractivity contribution >= 4 is 23.0 Å². The van der Waals surface area contributed by atoms with Crippen LogP contribution in [-0.2, 0) is 0 Å². The highest BCUT2D eigenvalue weighted by atomic mass is 35.5. The van der Waals surface area contributed by atoms with E-state index >= 15 is 0 Å². The molecular weight excluding hydrogens is 220 g/mol. The highest BCUT2D eigenvalue weighted by Crippen LogP contribution is 2.22. The van der Waals surface area contributed by atoms with Gasteiger partial charge < -0.3 is 11.1 Å². The van der Waals surface area contributed by atoms with Gasteiger partial charge in [0, 0.05) is 5.02 Å². The van der Waals surface area contributed by atoms with Crippen molar-refractivity contribution < 1.29 is 0 Å². The quantitative estimate of drug-likeness (QED) is 0.605. The maximum absolute atomic E-state index is 5.75. The predicted octanol–water partition coefficient (Wildman–Crippen LogP) is 4.02. The molecule has 3 heteroatoms. The summed E-state index contributed by atoms with van der Waals surface area (Å²) in [5.74, 6) is 2.45. The molecule has 16 heavy (non-hydrogen) atoms. The molecule has 0 fully saturated rings. The number of nitrogens with two attached hydrogens (primary N) is 1. The minimum absolute atomic E-state index is 0.449. The molecule has 1 rings (SSSR count). The molecule has 3 N–H and O–H groups in total. The molecule has 90 valence electrons. The topological polar surface area (TPSA) is 38.0 Å². The Morgan fingerprint density at radius 2 is 1.88 bits per heavy atom. The molecule has 0 aliphatic carbocycles. The van der Waals surface area contributed by atoms with Gasteiger partial charge in [0.2, 0.25) is 0 Å². The molecular formula is C13H21ClN2. The van der Waals surface area contributed by atoms with Crippen LogP contribution >= 0.6 is 11.6 Å². The van der Waals surface area contributed by atoms with Crippen LogP contribution in [-0.4, -0.2) is 6.54 Å². The lowest BCUT2D eigenvalue weighted by molar-refractivity contribution is 1.38. The van der Waals surface area contributed by atoms with Crippen molar-refractivity contribution in [3.8, 4) is 12.3 Å². The summed E-state index contributed by atoms with van der Waals surface area (Å²) in [5.41, 5.74) is 7.07.